The molecule has 1 aliphatic heterocycles. The molecular weight excluding hydrogens is 593 g/mol. The third-order valence-electron chi connectivity index (χ3n) is 4.35. The molecule has 1 nitrogen and oxygen atoms in total. The van der Waals surface area contributed by atoms with Crippen LogP contribution in [0.5, 0.6) is 5.75 Å². The molecule has 0 fully saturated rings. The number of ether oxygens (including phenoxy) is 1. The molecule has 0 N–H and O–H groups in total. The SMILES string of the molecule is Clc1cccc(C2(c3cccc(Cl)c3)Oc3ccccc3C(I)=C2I)c1. The Balaban J connectivity index is 2.07. The summed E-state index contributed by atoms with van der Waals surface area (Å²) in [4.78, 5) is 0. The lowest BCUT2D eigenvalue weighted by Crippen LogP contribution is -2.37. The van der Waals surface area contributed by atoms with E-state index in [0.29, 0.717) is 10.0 Å². The second-order valence-corrected chi connectivity index (χ2v) is 8.96. The summed E-state index contributed by atoms with van der Waals surface area (Å²) in [6.45, 7) is 0. The Morgan fingerprint density at radius 3 is 1.88 bits per heavy atom. The molecule has 3 aromatic rings. The second-order valence-electron chi connectivity index (χ2n) is 5.93. The molecule has 1 aliphatic rings. The highest BCUT2D eigenvalue weighted by Crippen LogP contribution is 2.54. The van der Waals surface area contributed by atoms with Crippen LogP contribution in [0, 0.1) is 0 Å². The zero-order chi connectivity index (χ0) is 18.3. The van der Waals surface area contributed by atoms with E-state index in [4.69, 9.17) is 27.9 Å². The molecule has 0 spiro atoms. The van der Waals surface area contributed by atoms with E-state index in [9.17, 15) is 0 Å². The Morgan fingerprint density at radius 1 is 0.731 bits per heavy atom. The van der Waals surface area contributed by atoms with Crippen LogP contribution in [0.3, 0.4) is 0 Å². The number of benzene rings is 3. The van der Waals surface area contributed by atoms with Crippen molar-refractivity contribution in [1.82, 2.24) is 0 Å². The molecule has 0 saturated carbocycles. The summed E-state index contributed by atoms with van der Waals surface area (Å²) in [5, 5.41) is 1.34. The smallest absolute Gasteiger partial charge is 0.191 e. The summed E-state index contributed by atoms with van der Waals surface area (Å²) >= 11 is 17.4. The molecule has 0 aliphatic carbocycles. The predicted molar refractivity (Wildman–Crippen MR) is 126 cm³/mol. The van der Waals surface area contributed by atoms with Crippen molar-refractivity contribution in [3.63, 3.8) is 0 Å². The predicted octanol–water partition coefficient (Wildman–Crippen LogP) is 7.87. The molecule has 0 saturated heterocycles. The van der Waals surface area contributed by atoms with Gasteiger partial charge in [0.15, 0.2) is 5.60 Å². The standard InChI is InChI=1S/C21H12Cl2I2O/c22-15-7-3-5-13(11-15)21(14-6-4-8-16(23)12-14)20(25)19(24)17-9-1-2-10-18(17)26-21/h1-12H. The highest BCUT2D eigenvalue weighted by molar-refractivity contribution is 14.1. The van der Waals surface area contributed by atoms with Crippen molar-refractivity contribution in [3.05, 3.63) is 103 Å². The first kappa shape index (κ1) is 18.6. The van der Waals surface area contributed by atoms with Crippen LogP contribution in [-0.4, -0.2) is 0 Å². The van der Waals surface area contributed by atoms with Crippen LogP contribution in [0.15, 0.2) is 76.4 Å². The maximum Gasteiger partial charge on any atom is 0.191 e. The largest absolute Gasteiger partial charge is 0.472 e. The van der Waals surface area contributed by atoms with Gasteiger partial charge in [0.1, 0.15) is 5.75 Å². The topological polar surface area (TPSA) is 9.23 Å². The van der Waals surface area contributed by atoms with Gasteiger partial charge >= 0.3 is 0 Å². The number of halogens is 4. The van der Waals surface area contributed by atoms with Gasteiger partial charge in [-0.1, -0.05) is 65.7 Å². The minimum atomic E-state index is -0.790. The van der Waals surface area contributed by atoms with Gasteiger partial charge in [-0.15, -0.1) is 0 Å². The first-order valence-electron chi connectivity index (χ1n) is 7.88. The monoisotopic (exact) mass is 604 g/mol. The first-order chi connectivity index (χ1) is 12.5. The fourth-order valence-corrected chi connectivity index (χ4v) is 5.40. The van der Waals surface area contributed by atoms with Crippen LogP contribution < -0.4 is 4.74 Å². The molecule has 0 radical (unpaired) electrons. The fraction of sp³-hybridized carbons (Fsp3) is 0.0476. The highest BCUT2D eigenvalue weighted by atomic mass is 127. The Labute approximate surface area is 189 Å². The van der Waals surface area contributed by atoms with Gasteiger partial charge < -0.3 is 4.74 Å². The summed E-state index contributed by atoms with van der Waals surface area (Å²) in [6.07, 6.45) is 0. The Kier molecular flexibility index (Phi) is 5.25. The van der Waals surface area contributed by atoms with Crippen LogP contribution in [0.25, 0.3) is 3.58 Å². The number of hydrogen-bond donors (Lipinski definition) is 0. The summed E-state index contributed by atoms with van der Waals surface area (Å²) in [7, 11) is 0. The van der Waals surface area contributed by atoms with Crippen molar-refractivity contribution in [3.8, 4) is 5.75 Å². The van der Waals surface area contributed by atoms with Crippen molar-refractivity contribution >= 4 is 72.0 Å². The van der Waals surface area contributed by atoms with Crippen molar-refractivity contribution in [2.45, 2.75) is 5.60 Å². The van der Waals surface area contributed by atoms with E-state index in [1.807, 2.05) is 66.7 Å². The lowest BCUT2D eigenvalue weighted by atomic mass is 9.83. The number of para-hydroxylation sites is 1. The zero-order valence-electron chi connectivity index (χ0n) is 13.3. The lowest BCUT2D eigenvalue weighted by Gasteiger charge is -2.40. The molecule has 5 heteroatoms. The van der Waals surface area contributed by atoms with Crippen LogP contribution in [0.1, 0.15) is 16.7 Å². The Bertz CT molecular complexity index is 984. The normalized spacial score (nSPS) is 15.4. The van der Waals surface area contributed by atoms with Crippen LogP contribution in [0.2, 0.25) is 10.0 Å². The minimum absolute atomic E-state index is 0.672. The molecule has 0 aromatic heterocycles. The van der Waals surface area contributed by atoms with Gasteiger partial charge in [0.25, 0.3) is 0 Å². The van der Waals surface area contributed by atoms with Gasteiger partial charge in [-0.25, -0.2) is 0 Å². The van der Waals surface area contributed by atoms with E-state index in [1.165, 1.54) is 0 Å². The van der Waals surface area contributed by atoms with Gasteiger partial charge in [0.05, 0.1) is 3.58 Å². The summed E-state index contributed by atoms with van der Waals surface area (Å²) in [5.74, 6) is 0.845. The zero-order valence-corrected chi connectivity index (χ0v) is 19.2. The van der Waals surface area contributed by atoms with Crippen molar-refractivity contribution in [1.29, 1.82) is 0 Å². The van der Waals surface area contributed by atoms with Crippen molar-refractivity contribution in [2.24, 2.45) is 0 Å². The molecule has 0 atom stereocenters. The van der Waals surface area contributed by atoms with Gasteiger partial charge in [-0.3, -0.25) is 0 Å². The minimum Gasteiger partial charge on any atom is -0.472 e. The molecule has 26 heavy (non-hydrogen) atoms. The van der Waals surface area contributed by atoms with Crippen LogP contribution in [0.4, 0.5) is 0 Å². The van der Waals surface area contributed by atoms with Gasteiger partial charge in [0, 0.05) is 30.3 Å². The third-order valence-corrected chi connectivity index (χ3v) is 8.27. The highest BCUT2D eigenvalue weighted by Gasteiger charge is 2.45. The summed E-state index contributed by atoms with van der Waals surface area (Å²) < 4.78 is 8.94. The van der Waals surface area contributed by atoms with Crippen LogP contribution >= 0.6 is 68.4 Å². The molecule has 130 valence electrons. The molecule has 0 bridgehead atoms. The number of hydrogen-bond acceptors (Lipinski definition) is 1. The van der Waals surface area contributed by atoms with Crippen LogP contribution in [-0.2, 0) is 5.60 Å². The maximum atomic E-state index is 6.70. The molecule has 4 rings (SSSR count). The Morgan fingerprint density at radius 2 is 1.31 bits per heavy atom. The summed E-state index contributed by atoms with van der Waals surface area (Å²) in [5.41, 5.74) is 2.25. The number of rotatable bonds is 2. The summed E-state index contributed by atoms with van der Waals surface area (Å²) in [6, 6.07) is 23.7. The molecular formula is C21H12Cl2I2O. The lowest BCUT2D eigenvalue weighted by molar-refractivity contribution is 0.159. The fourth-order valence-electron chi connectivity index (χ4n) is 3.17. The third kappa shape index (κ3) is 3.07. The molecule has 0 unspecified atom stereocenters. The van der Waals surface area contributed by atoms with E-state index in [0.717, 1.165) is 29.6 Å². The molecule has 0 amide bonds. The maximum absolute atomic E-state index is 6.70. The van der Waals surface area contributed by atoms with E-state index < -0.39 is 5.60 Å². The number of fused-ring (bicyclic) bond motifs is 1. The molecule has 1 heterocycles. The van der Waals surface area contributed by atoms with E-state index in [-0.39, 0.29) is 0 Å². The van der Waals surface area contributed by atoms with E-state index >= 15 is 0 Å². The average Bonchev–Trinajstić information content (AvgIpc) is 2.65. The molecule has 3 aromatic carbocycles. The van der Waals surface area contributed by atoms with Crippen molar-refractivity contribution < 1.29 is 4.74 Å². The van der Waals surface area contributed by atoms with E-state index in [2.05, 4.69) is 51.2 Å². The van der Waals surface area contributed by atoms with Crippen molar-refractivity contribution in [2.75, 3.05) is 0 Å². The van der Waals surface area contributed by atoms with E-state index in [1.54, 1.807) is 0 Å². The van der Waals surface area contributed by atoms with Gasteiger partial charge in [-0.2, -0.15) is 0 Å². The average molecular weight is 605 g/mol. The quantitative estimate of drug-likeness (QED) is 0.271. The second kappa shape index (κ2) is 7.34. The first-order valence-corrected chi connectivity index (χ1v) is 10.8. The van der Waals surface area contributed by atoms with Gasteiger partial charge in [-0.05, 0) is 75.5 Å². The Hall–Kier alpha value is -0.760. The van der Waals surface area contributed by atoms with Gasteiger partial charge in [0.2, 0.25) is 0 Å².